The highest BCUT2D eigenvalue weighted by molar-refractivity contribution is 5.92. The number of nitrogens with one attached hydrogen (secondary N) is 2. The van der Waals surface area contributed by atoms with Crippen LogP contribution in [0.25, 0.3) is 0 Å². The molecule has 132 valence electrons. The van der Waals surface area contributed by atoms with E-state index >= 15 is 0 Å². The van der Waals surface area contributed by atoms with E-state index in [1.807, 2.05) is 60.7 Å². The van der Waals surface area contributed by atoms with Crippen molar-refractivity contribution in [2.24, 2.45) is 0 Å². The Morgan fingerprint density at radius 1 is 0.808 bits per heavy atom. The molecule has 0 heterocycles. The lowest BCUT2D eigenvalue weighted by Crippen LogP contribution is -2.31. The lowest BCUT2D eigenvalue weighted by molar-refractivity contribution is -0.115. The van der Waals surface area contributed by atoms with Crippen molar-refractivity contribution in [3.8, 4) is 0 Å². The van der Waals surface area contributed by atoms with E-state index in [4.69, 9.17) is 0 Å². The lowest BCUT2D eigenvalue weighted by Gasteiger charge is -2.19. The molecule has 3 rings (SSSR count). The molecule has 4 heteroatoms. The smallest absolute Gasteiger partial charge is 0.238 e. The number of carbonyl (C=O) groups is 1. The van der Waals surface area contributed by atoms with Crippen molar-refractivity contribution in [1.82, 2.24) is 5.32 Å². The average Bonchev–Trinajstić information content (AvgIpc) is 2.70. The molecule has 26 heavy (non-hydrogen) atoms. The Kier molecular flexibility index (Phi) is 6.12. The largest absolute Gasteiger partial charge is 0.325 e. The Labute approximate surface area is 152 Å². The number of anilines is 1. The molecule has 0 aliphatic rings. The summed E-state index contributed by atoms with van der Waals surface area (Å²) in [7, 11) is 0. The van der Waals surface area contributed by atoms with Crippen molar-refractivity contribution in [3.05, 3.63) is 102 Å². The van der Waals surface area contributed by atoms with Crippen LogP contribution in [0.4, 0.5) is 10.1 Å². The molecular weight excluding hydrogens is 327 g/mol. The predicted octanol–water partition coefficient (Wildman–Crippen LogP) is 4.47. The Morgan fingerprint density at radius 3 is 1.85 bits per heavy atom. The van der Waals surface area contributed by atoms with Crippen molar-refractivity contribution in [1.29, 1.82) is 0 Å². The third kappa shape index (κ3) is 4.77. The highest BCUT2D eigenvalue weighted by atomic mass is 19.1. The van der Waals surface area contributed by atoms with Gasteiger partial charge in [0.15, 0.2) is 0 Å². The number of amides is 1. The molecule has 0 radical (unpaired) electrons. The maximum atomic E-state index is 12.6. The van der Waals surface area contributed by atoms with Gasteiger partial charge in [-0.25, -0.2) is 4.39 Å². The molecule has 0 aliphatic carbocycles. The van der Waals surface area contributed by atoms with Gasteiger partial charge in [0, 0.05) is 5.69 Å². The van der Waals surface area contributed by atoms with Crippen molar-refractivity contribution in [2.75, 3.05) is 11.9 Å². The quantitative estimate of drug-likeness (QED) is 0.661. The van der Waals surface area contributed by atoms with Crippen LogP contribution >= 0.6 is 0 Å². The van der Waals surface area contributed by atoms with Crippen LogP contribution in [0.3, 0.4) is 0 Å². The van der Waals surface area contributed by atoms with E-state index in [9.17, 15) is 9.18 Å². The van der Waals surface area contributed by atoms with Gasteiger partial charge in [-0.15, -0.1) is 0 Å². The van der Waals surface area contributed by atoms with E-state index in [-0.39, 0.29) is 18.5 Å². The molecule has 0 unspecified atom stereocenters. The highest BCUT2D eigenvalue weighted by Gasteiger charge is 2.14. The van der Waals surface area contributed by atoms with Gasteiger partial charge in [0.25, 0.3) is 0 Å². The normalized spacial score (nSPS) is 10.7. The van der Waals surface area contributed by atoms with E-state index in [0.717, 1.165) is 11.1 Å². The zero-order chi connectivity index (χ0) is 18.2. The molecule has 0 saturated carbocycles. The van der Waals surface area contributed by atoms with E-state index in [1.165, 1.54) is 0 Å². The number of alkyl halides is 1. The number of rotatable bonds is 7. The van der Waals surface area contributed by atoms with Gasteiger partial charge < -0.3 is 5.32 Å². The van der Waals surface area contributed by atoms with E-state index in [1.54, 1.807) is 24.3 Å². The van der Waals surface area contributed by atoms with Crippen molar-refractivity contribution < 1.29 is 9.18 Å². The molecule has 3 nitrogen and oxygen atoms in total. The van der Waals surface area contributed by atoms with Gasteiger partial charge in [0.2, 0.25) is 5.91 Å². The maximum Gasteiger partial charge on any atom is 0.238 e. The SMILES string of the molecule is O=C(CNC(c1ccccc1)c1ccccc1)Nc1ccc(CF)cc1. The summed E-state index contributed by atoms with van der Waals surface area (Å²) in [6.07, 6.45) is 0. The molecule has 0 aliphatic heterocycles. The van der Waals surface area contributed by atoms with Crippen LogP contribution in [0.2, 0.25) is 0 Å². The molecule has 0 fully saturated rings. The van der Waals surface area contributed by atoms with Gasteiger partial charge in [-0.2, -0.15) is 0 Å². The molecule has 3 aromatic carbocycles. The van der Waals surface area contributed by atoms with Gasteiger partial charge in [-0.1, -0.05) is 72.8 Å². The first-order valence-corrected chi connectivity index (χ1v) is 8.54. The number of hydrogen-bond donors (Lipinski definition) is 2. The van der Waals surface area contributed by atoms with Gasteiger partial charge in [0.05, 0.1) is 12.6 Å². The highest BCUT2D eigenvalue weighted by Crippen LogP contribution is 2.21. The number of halogens is 1. The predicted molar refractivity (Wildman–Crippen MR) is 103 cm³/mol. The third-order valence-corrected chi connectivity index (χ3v) is 4.12. The molecular formula is C22H21FN2O. The van der Waals surface area contributed by atoms with Crippen LogP contribution in [0, 0.1) is 0 Å². The number of carbonyl (C=O) groups excluding carboxylic acids is 1. The van der Waals surface area contributed by atoms with Crippen molar-refractivity contribution >= 4 is 11.6 Å². The van der Waals surface area contributed by atoms with E-state index in [2.05, 4.69) is 10.6 Å². The zero-order valence-corrected chi connectivity index (χ0v) is 14.4. The third-order valence-electron chi connectivity index (χ3n) is 4.12. The Morgan fingerprint density at radius 2 is 1.35 bits per heavy atom. The van der Waals surface area contributed by atoms with Crippen LogP contribution in [0.1, 0.15) is 22.7 Å². The fourth-order valence-corrected chi connectivity index (χ4v) is 2.80. The summed E-state index contributed by atoms with van der Waals surface area (Å²) in [6.45, 7) is -0.342. The van der Waals surface area contributed by atoms with Gasteiger partial charge in [0.1, 0.15) is 6.67 Å². The molecule has 0 bridgehead atoms. The first-order valence-electron chi connectivity index (χ1n) is 8.54. The second-order valence-electron chi connectivity index (χ2n) is 6.01. The second-order valence-corrected chi connectivity index (χ2v) is 6.01. The fraction of sp³-hybridized carbons (Fsp3) is 0.136. The molecule has 0 spiro atoms. The lowest BCUT2D eigenvalue weighted by atomic mass is 9.99. The average molecular weight is 348 g/mol. The second kappa shape index (κ2) is 8.92. The molecule has 2 N–H and O–H groups in total. The maximum absolute atomic E-state index is 12.6. The summed E-state index contributed by atoms with van der Waals surface area (Å²) >= 11 is 0. The first kappa shape index (κ1) is 17.8. The van der Waals surface area contributed by atoms with Crippen LogP contribution in [-0.4, -0.2) is 12.5 Å². The summed E-state index contributed by atoms with van der Waals surface area (Å²) in [5.41, 5.74) is 3.44. The van der Waals surface area contributed by atoms with Crippen LogP contribution < -0.4 is 10.6 Å². The first-order chi connectivity index (χ1) is 12.8. The van der Waals surface area contributed by atoms with Gasteiger partial charge in [-0.05, 0) is 28.8 Å². The minimum atomic E-state index is -0.508. The topological polar surface area (TPSA) is 41.1 Å². The van der Waals surface area contributed by atoms with Gasteiger partial charge in [-0.3, -0.25) is 10.1 Å². The summed E-state index contributed by atoms with van der Waals surface area (Å²) < 4.78 is 12.6. The molecule has 3 aromatic rings. The zero-order valence-electron chi connectivity index (χ0n) is 14.4. The summed E-state index contributed by atoms with van der Waals surface area (Å²) in [5, 5.41) is 6.15. The van der Waals surface area contributed by atoms with Crippen molar-refractivity contribution in [3.63, 3.8) is 0 Å². The Bertz CT molecular complexity index is 780. The van der Waals surface area contributed by atoms with Crippen LogP contribution in [0.5, 0.6) is 0 Å². The Hall–Kier alpha value is -2.98. The fourth-order valence-electron chi connectivity index (χ4n) is 2.80. The molecule has 0 saturated heterocycles. The molecule has 1 amide bonds. The number of benzene rings is 3. The van der Waals surface area contributed by atoms with Crippen molar-refractivity contribution in [2.45, 2.75) is 12.7 Å². The minimum absolute atomic E-state index is 0.0722. The Balaban J connectivity index is 1.66. The van der Waals surface area contributed by atoms with Crippen LogP contribution in [-0.2, 0) is 11.5 Å². The summed E-state index contributed by atoms with van der Waals surface area (Å²) in [4.78, 5) is 12.3. The number of hydrogen-bond acceptors (Lipinski definition) is 2. The summed E-state index contributed by atoms with van der Waals surface area (Å²) in [5.74, 6) is -0.144. The standard InChI is InChI=1S/C22H21FN2O/c23-15-17-11-13-20(14-12-17)25-21(26)16-24-22(18-7-3-1-4-8-18)19-9-5-2-6-10-19/h1-14,22,24H,15-16H2,(H,25,26). The monoisotopic (exact) mass is 348 g/mol. The minimum Gasteiger partial charge on any atom is -0.325 e. The van der Waals surface area contributed by atoms with E-state index in [0.29, 0.717) is 11.3 Å². The molecule has 0 aromatic heterocycles. The van der Waals surface area contributed by atoms with Crippen LogP contribution in [0.15, 0.2) is 84.9 Å². The van der Waals surface area contributed by atoms with Gasteiger partial charge >= 0.3 is 0 Å². The summed E-state index contributed by atoms with van der Waals surface area (Å²) in [6, 6.07) is 26.7. The van der Waals surface area contributed by atoms with E-state index < -0.39 is 6.67 Å². The molecule has 0 atom stereocenters.